The maximum Gasteiger partial charge on any atom is 0.330 e. The molecule has 0 aliphatic heterocycles. The zero-order valence-electron chi connectivity index (χ0n) is 24.9. The van der Waals surface area contributed by atoms with Crippen molar-refractivity contribution < 1.29 is 19.0 Å². The van der Waals surface area contributed by atoms with Crippen LogP contribution in [0, 0.1) is 23.7 Å². The van der Waals surface area contributed by atoms with E-state index in [0.717, 1.165) is 80.8 Å². The Kier molecular flexibility index (Phi) is 10.3. The van der Waals surface area contributed by atoms with E-state index in [4.69, 9.17) is 14.2 Å². The van der Waals surface area contributed by atoms with Crippen molar-refractivity contribution >= 4 is 27.5 Å². The molecule has 4 nitrogen and oxygen atoms in total. The second-order valence-corrected chi connectivity index (χ2v) is 10.2. The Morgan fingerprint density at radius 3 is 1.45 bits per heavy atom. The predicted molar refractivity (Wildman–Crippen MR) is 178 cm³/mol. The maximum atomic E-state index is 11.1. The lowest BCUT2D eigenvalue weighted by Gasteiger charge is -2.10. The van der Waals surface area contributed by atoms with Crippen LogP contribution in [0.25, 0.3) is 21.5 Å². The van der Waals surface area contributed by atoms with E-state index in [1.807, 2.05) is 72.8 Å². The highest BCUT2D eigenvalue weighted by molar-refractivity contribution is 6.09. The van der Waals surface area contributed by atoms with Crippen LogP contribution in [0.15, 0.2) is 110 Å². The zero-order valence-corrected chi connectivity index (χ0v) is 24.9. The van der Waals surface area contributed by atoms with Crippen molar-refractivity contribution in [2.24, 2.45) is 0 Å². The van der Waals surface area contributed by atoms with Crippen molar-refractivity contribution in [3.05, 3.63) is 132 Å². The lowest BCUT2D eigenvalue weighted by molar-refractivity contribution is -0.137. The molecule has 4 heteroatoms. The van der Waals surface area contributed by atoms with E-state index in [2.05, 4.69) is 61.4 Å². The van der Waals surface area contributed by atoms with Crippen LogP contribution >= 0.6 is 0 Å². The topological polar surface area (TPSA) is 44.8 Å². The van der Waals surface area contributed by atoms with Gasteiger partial charge < -0.3 is 14.2 Å². The van der Waals surface area contributed by atoms with Gasteiger partial charge in [-0.15, -0.1) is 0 Å². The molecule has 0 atom stereocenters. The molecule has 0 N–H and O–H groups in total. The minimum absolute atomic E-state index is 0.294. The van der Waals surface area contributed by atoms with E-state index in [-0.39, 0.29) is 0 Å². The Bertz CT molecular complexity index is 1820. The third-order valence-electron chi connectivity index (χ3n) is 7.04. The van der Waals surface area contributed by atoms with Gasteiger partial charge in [0.15, 0.2) is 0 Å². The number of hydrogen-bond acceptors (Lipinski definition) is 4. The van der Waals surface area contributed by atoms with Crippen LogP contribution in [-0.2, 0) is 9.53 Å². The summed E-state index contributed by atoms with van der Waals surface area (Å²) in [6.07, 6.45) is 3.91. The van der Waals surface area contributed by atoms with Crippen LogP contribution in [0.1, 0.15) is 48.4 Å². The van der Waals surface area contributed by atoms with Gasteiger partial charge in [-0.3, -0.25) is 0 Å². The first kappa shape index (κ1) is 30.0. The molecule has 0 saturated carbocycles. The Labute approximate surface area is 259 Å². The highest BCUT2D eigenvalue weighted by atomic mass is 16.5. The predicted octanol–water partition coefficient (Wildman–Crippen LogP) is 8.47. The lowest BCUT2D eigenvalue weighted by Crippen LogP contribution is -2.06. The van der Waals surface area contributed by atoms with Crippen molar-refractivity contribution in [3.63, 3.8) is 0 Å². The molecule has 218 valence electrons. The van der Waals surface area contributed by atoms with Gasteiger partial charge in [0, 0.05) is 34.8 Å². The smallest absolute Gasteiger partial charge is 0.330 e. The second kappa shape index (κ2) is 15.1. The molecule has 0 bridgehead atoms. The molecule has 44 heavy (non-hydrogen) atoms. The number of carbonyl (C=O) groups is 1. The van der Waals surface area contributed by atoms with Gasteiger partial charge in [-0.25, -0.2) is 4.79 Å². The van der Waals surface area contributed by atoms with Crippen LogP contribution < -0.4 is 9.47 Å². The largest absolute Gasteiger partial charge is 0.494 e. The Morgan fingerprint density at radius 2 is 1.05 bits per heavy atom. The first-order valence-corrected chi connectivity index (χ1v) is 14.9. The van der Waals surface area contributed by atoms with Crippen LogP contribution in [0.5, 0.6) is 11.5 Å². The fourth-order valence-corrected chi connectivity index (χ4v) is 4.75. The van der Waals surface area contributed by atoms with Crippen molar-refractivity contribution in [1.82, 2.24) is 0 Å². The Morgan fingerprint density at radius 1 is 0.614 bits per heavy atom. The van der Waals surface area contributed by atoms with Crippen molar-refractivity contribution in [2.75, 3.05) is 19.8 Å². The summed E-state index contributed by atoms with van der Waals surface area (Å²) < 4.78 is 16.5. The average Bonchev–Trinajstić information content (AvgIpc) is 3.07. The Balaban J connectivity index is 1.39. The molecule has 0 aliphatic carbocycles. The minimum Gasteiger partial charge on any atom is -0.494 e. The number of carbonyl (C=O) groups excluding carboxylic acids is 1. The summed E-state index contributed by atoms with van der Waals surface area (Å²) in [5.41, 5.74) is 3.79. The molecule has 0 spiro atoms. The van der Waals surface area contributed by atoms with Crippen LogP contribution in [0.2, 0.25) is 0 Å². The number of ether oxygens (including phenoxy) is 3. The fourth-order valence-electron chi connectivity index (χ4n) is 4.75. The van der Waals surface area contributed by atoms with Gasteiger partial charge in [-0.2, -0.15) is 0 Å². The monoisotopic (exact) mass is 578 g/mol. The first-order valence-electron chi connectivity index (χ1n) is 14.9. The molecular formula is C40H34O4. The molecule has 0 unspecified atom stereocenters. The molecular weight excluding hydrogens is 544 g/mol. The van der Waals surface area contributed by atoms with E-state index in [1.165, 1.54) is 0 Å². The standard InChI is InChI=1S/C40H34O4/c1-3-5-27-42-32-21-15-30(16-22-32)19-25-38-34-11-6-8-13-36(34)39(37-14-9-7-12-35(37)38)26-20-31-17-23-33(24-18-31)43-28-10-29-44-40(41)4-2/h4,6-9,11-18,21-24H,2-3,5,10,27-29H2,1H3. The first-order chi connectivity index (χ1) is 21.7. The summed E-state index contributed by atoms with van der Waals surface area (Å²) in [7, 11) is 0. The number of fused-ring (bicyclic) bond motifs is 2. The number of benzene rings is 5. The van der Waals surface area contributed by atoms with Gasteiger partial charge in [0.1, 0.15) is 11.5 Å². The third-order valence-corrected chi connectivity index (χ3v) is 7.04. The molecule has 0 amide bonds. The number of esters is 1. The van der Waals surface area contributed by atoms with Crippen LogP contribution in [-0.4, -0.2) is 25.8 Å². The summed E-state index contributed by atoms with van der Waals surface area (Å²) in [6, 6.07) is 32.3. The minimum atomic E-state index is -0.425. The summed E-state index contributed by atoms with van der Waals surface area (Å²) >= 11 is 0. The SMILES string of the molecule is C=CC(=O)OCCCOc1ccc(C#Cc2c3ccccc3c(C#Cc3ccc(OCCCC)cc3)c3ccccc23)cc1. The number of hydrogen-bond donors (Lipinski definition) is 0. The summed E-state index contributed by atoms with van der Waals surface area (Å²) in [5, 5.41) is 4.29. The van der Waals surface area contributed by atoms with Gasteiger partial charge in [-0.1, -0.05) is 92.1 Å². The molecule has 5 rings (SSSR count). The molecule has 0 fully saturated rings. The Hall–Kier alpha value is -5.45. The highest BCUT2D eigenvalue weighted by Gasteiger charge is 2.11. The van der Waals surface area contributed by atoms with Gasteiger partial charge in [0.25, 0.3) is 0 Å². The van der Waals surface area contributed by atoms with E-state index in [1.54, 1.807) is 0 Å². The summed E-state index contributed by atoms with van der Waals surface area (Å²) in [6.45, 7) is 7.01. The molecule has 0 heterocycles. The van der Waals surface area contributed by atoms with Crippen LogP contribution in [0.4, 0.5) is 0 Å². The van der Waals surface area contributed by atoms with Gasteiger partial charge in [0.2, 0.25) is 0 Å². The fraction of sp³-hybridized carbons (Fsp3) is 0.175. The molecule has 0 saturated heterocycles. The van der Waals surface area contributed by atoms with Crippen molar-refractivity contribution in [2.45, 2.75) is 26.2 Å². The quantitative estimate of drug-likeness (QED) is 0.0548. The summed E-state index contributed by atoms with van der Waals surface area (Å²) in [4.78, 5) is 11.1. The van der Waals surface area contributed by atoms with E-state index < -0.39 is 5.97 Å². The lowest BCUT2D eigenvalue weighted by atomic mass is 9.92. The highest BCUT2D eigenvalue weighted by Crippen LogP contribution is 2.32. The molecule has 5 aromatic carbocycles. The average molecular weight is 579 g/mol. The third kappa shape index (κ3) is 7.68. The molecule has 5 aromatic rings. The van der Waals surface area contributed by atoms with Gasteiger partial charge in [0.05, 0.1) is 19.8 Å². The van der Waals surface area contributed by atoms with Crippen molar-refractivity contribution in [1.29, 1.82) is 0 Å². The zero-order chi connectivity index (χ0) is 30.6. The van der Waals surface area contributed by atoms with Gasteiger partial charge >= 0.3 is 5.97 Å². The van der Waals surface area contributed by atoms with Gasteiger partial charge in [-0.05, 0) is 76.5 Å². The summed E-state index contributed by atoms with van der Waals surface area (Å²) in [5.74, 6) is 14.8. The van der Waals surface area contributed by atoms with E-state index in [0.29, 0.717) is 19.6 Å². The molecule has 0 radical (unpaired) electrons. The van der Waals surface area contributed by atoms with Crippen molar-refractivity contribution in [3.8, 4) is 35.2 Å². The maximum absolute atomic E-state index is 11.1. The number of unbranched alkanes of at least 4 members (excludes halogenated alkanes) is 1. The number of rotatable bonds is 10. The molecule has 0 aliphatic rings. The molecule has 0 aromatic heterocycles. The normalized spacial score (nSPS) is 10.3. The van der Waals surface area contributed by atoms with E-state index >= 15 is 0 Å². The second-order valence-electron chi connectivity index (χ2n) is 10.2. The van der Waals surface area contributed by atoms with Crippen LogP contribution in [0.3, 0.4) is 0 Å². The van der Waals surface area contributed by atoms with E-state index in [9.17, 15) is 4.79 Å².